The van der Waals surface area contributed by atoms with E-state index in [4.69, 9.17) is 5.11 Å². The summed E-state index contributed by atoms with van der Waals surface area (Å²) in [6.45, 7) is 2.74. The van der Waals surface area contributed by atoms with Gasteiger partial charge in [0.1, 0.15) is 6.04 Å². The van der Waals surface area contributed by atoms with Gasteiger partial charge in [-0.3, -0.25) is 4.79 Å². The lowest BCUT2D eigenvalue weighted by Crippen LogP contribution is -2.36. The van der Waals surface area contributed by atoms with Crippen LogP contribution in [0.25, 0.3) is 0 Å². The minimum Gasteiger partial charge on any atom is -0.480 e. The molecule has 0 aromatic rings. The molecule has 1 saturated carbocycles. The summed E-state index contributed by atoms with van der Waals surface area (Å²) in [4.78, 5) is 10.6. The zero-order valence-corrected chi connectivity index (χ0v) is 8.96. The van der Waals surface area contributed by atoms with Crippen LogP contribution in [-0.2, 0) is 4.79 Å². The van der Waals surface area contributed by atoms with Gasteiger partial charge in [0.2, 0.25) is 0 Å². The van der Waals surface area contributed by atoms with Gasteiger partial charge in [-0.15, -0.1) is 0 Å². The highest BCUT2D eigenvalue weighted by molar-refractivity contribution is 5.73. The maximum Gasteiger partial charge on any atom is 0.320 e. The summed E-state index contributed by atoms with van der Waals surface area (Å²) < 4.78 is 0. The molecule has 0 aromatic carbocycles. The van der Waals surface area contributed by atoms with Gasteiger partial charge in [0, 0.05) is 0 Å². The average molecular weight is 199 g/mol. The second-order valence-corrected chi connectivity index (χ2v) is 4.19. The molecule has 82 valence electrons. The normalized spacial score (nSPS) is 18.1. The molecule has 0 aromatic heterocycles. The molecule has 0 heterocycles. The largest absolute Gasteiger partial charge is 0.480 e. The van der Waals surface area contributed by atoms with Crippen LogP contribution in [0.5, 0.6) is 0 Å². The molecule has 1 fully saturated rings. The molecule has 0 spiro atoms. The van der Waals surface area contributed by atoms with E-state index in [9.17, 15) is 4.79 Å². The second-order valence-electron chi connectivity index (χ2n) is 4.19. The van der Waals surface area contributed by atoms with Crippen LogP contribution >= 0.6 is 0 Å². The van der Waals surface area contributed by atoms with Gasteiger partial charge < -0.3 is 10.4 Å². The van der Waals surface area contributed by atoms with Gasteiger partial charge in [-0.1, -0.05) is 32.6 Å². The van der Waals surface area contributed by atoms with Crippen molar-refractivity contribution in [3.05, 3.63) is 0 Å². The Hall–Kier alpha value is -0.570. The van der Waals surface area contributed by atoms with Gasteiger partial charge >= 0.3 is 5.97 Å². The molecule has 1 atom stereocenters. The summed E-state index contributed by atoms with van der Waals surface area (Å²) in [5.41, 5.74) is 0. The molecule has 3 heteroatoms. The number of rotatable bonds is 8. The van der Waals surface area contributed by atoms with Crippen molar-refractivity contribution >= 4 is 5.97 Å². The molecule has 0 saturated heterocycles. The van der Waals surface area contributed by atoms with Crippen molar-refractivity contribution in [1.29, 1.82) is 0 Å². The van der Waals surface area contributed by atoms with E-state index >= 15 is 0 Å². The lowest BCUT2D eigenvalue weighted by molar-refractivity contribution is -0.139. The van der Waals surface area contributed by atoms with Crippen LogP contribution in [0.1, 0.15) is 45.4 Å². The molecule has 3 nitrogen and oxygen atoms in total. The molecule has 0 aliphatic heterocycles. The molecule has 14 heavy (non-hydrogen) atoms. The van der Waals surface area contributed by atoms with E-state index in [0.29, 0.717) is 6.42 Å². The highest BCUT2D eigenvalue weighted by Crippen LogP contribution is 2.33. The molecular weight excluding hydrogens is 178 g/mol. The van der Waals surface area contributed by atoms with Crippen molar-refractivity contribution in [1.82, 2.24) is 5.32 Å². The average Bonchev–Trinajstić information content (AvgIpc) is 2.94. The predicted molar refractivity (Wildman–Crippen MR) is 56.3 cm³/mol. The fourth-order valence-corrected chi connectivity index (χ4v) is 1.65. The van der Waals surface area contributed by atoms with Gasteiger partial charge in [0.25, 0.3) is 0 Å². The Balaban J connectivity index is 1.92. The molecular formula is C11H21NO2. The first-order valence-electron chi connectivity index (χ1n) is 5.70. The minimum absolute atomic E-state index is 0.351. The molecule has 1 aliphatic rings. The molecule has 0 amide bonds. The number of carbonyl (C=O) groups is 1. The number of carboxylic acids is 1. The minimum atomic E-state index is -0.727. The zero-order valence-electron chi connectivity index (χ0n) is 8.96. The number of nitrogens with one attached hydrogen (secondary N) is 1. The topological polar surface area (TPSA) is 49.3 Å². The Kier molecular flexibility index (Phi) is 4.94. The van der Waals surface area contributed by atoms with Crippen LogP contribution in [0.2, 0.25) is 0 Å². The number of carboxylic acid groups (broad SMARTS) is 1. The number of hydrogen-bond acceptors (Lipinski definition) is 2. The zero-order chi connectivity index (χ0) is 10.4. The molecule has 0 bridgehead atoms. The Morgan fingerprint density at radius 2 is 2.21 bits per heavy atom. The number of aliphatic carboxylic acids is 1. The standard InChI is InChI=1S/C11H21NO2/c1-2-10(11(13)14)12-8-4-3-5-9-6-7-9/h9-10,12H,2-8H2,1H3,(H,13,14). The van der Waals surface area contributed by atoms with Gasteiger partial charge in [0.05, 0.1) is 0 Å². The van der Waals surface area contributed by atoms with Gasteiger partial charge in [-0.25, -0.2) is 0 Å². The molecule has 1 rings (SSSR count). The van der Waals surface area contributed by atoms with E-state index in [2.05, 4.69) is 5.32 Å². The summed E-state index contributed by atoms with van der Waals surface area (Å²) in [7, 11) is 0. The Morgan fingerprint density at radius 3 is 2.71 bits per heavy atom. The first kappa shape index (κ1) is 11.5. The van der Waals surface area contributed by atoms with Gasteiger partial charge in [-0.2, -0.15) is 0 Å². The molecule has 1 aliphatic carbocycles. The molecule has 1 unspecified atom stereocenters. The third-order valence-corrected chi connectivity index (χ3v) is 2.83. The van der Waals surface area contributed by atoms with E-state index in [1.165, 1.54) is 25.7 Å². The monoisotopic (exact) mass is 199 g/mol. The van der Waals surface area contributed by atoms with Crippen molar-refractivity contribution in [2.45, 2.75) is 51.5 Å². The van der Waals surface area contributed by atoms with Crippen LogP contribution < -0.4 is 5.32 Å². The summed E-state index contributed by atoms with van der Waals surface area (Å²) >= 11 is 0. The van der Waals surface area contributed by atoms with Crippen LogP contribution in [0, 0.1) is 5.92 Å². The molecule has 0 radical (unpaired) electrons. The van der Waals surface area contributed by atoms with Crippen molar-refractivity contribution in [3.63, 3.8) is 0 Å². The first-order valence-corrected chi connectivity index (χ1v) is 5.70. The van der Waals surface area contributed by atoms with E-state index in [-0.39, 0.29) is 6.04 Å². The molecule has 2 N–H and O–H groups in total. The van der Waals surface area contributed by atoms with Crippen LogP contribution in [0.3, 0.4) is 0 Å². The lowest BCUT2D eigenvalue weighted by atomic mass is 10.1. The third-order valence-electron chi connectivity index (χ3n) is 2.83. The number of hydrogen-bond donors (Lipinski definition) is 2. The highest BCUT2D eigenvalue weighted by Gasteiger charge is 2.20. The predicted octanol–water partition coefficient (Wildman–Crippen LogP) is 2.02. The maximum absolute atomic E-state index is 10.6. The lowest BCUT2D eigenvalue weighted by Gasteiger charge is -2.11. The van der Waals surface area contributed by atoms with Crippen molar-refractivity contribution in [2.75, 3.05) is 6.54 Å². The Labute approximate surface area is 85.9 Å². The summed E-state index contributed by atoms with van der Waals surface area (Å²) in [5.74, 6) is 0.270. The first-order chi connectivity index (χ1) is 6.74. The summed E-state index contributed by atoms with van der Waals surface area (Å²) in [6.07, 6.45) is 7.19. The van der Waals surface area contributed by atoms with E-state index in [1.54, 1.807) is 0 Å². The van der Waals surface area contributed by atoms with Crippen molar-refractivity contribution in [2.24, 2.45) is 5.92 Å². The van der Waals surface area contributed by atoms with Crippen molar-refractivity contribution < 1.29 is 9.90 Å². The van der Waals surface area contributed by atoms with Crippen LogP contribution in [0.15, 0.2) is 0 Å². The van der Waals surface area contributed by atoms with E-state index in [1.807, 2.05) is 6.92 Å². The fraction of sp³-hybridized carbons (Fsp3) is 0.909. The Morgan fingerprint density at radius 1 is 1.50 bits per heavy atom. The van der Waals surface area contributed by atoms with Crippen molar-refractivity contribution in [3.8, 4) is 0 Å². The third kappa shape index (κ3) is 4.61. The highest BCUT2D eigenvalue weighted by atomic mass is 16.4. The smallest absolute Gasteiger partial charge is 0.320 e. The van der Waals surface area contributed by atoms with Gasteiger partial charge in [-0.05, 0) is 25.3 Å². The van der Waals surface area contributed by atoms with E-state index in [0.717, 1.165) is 18.9 Å². The fourth-order valence-electron chi connectivity index (χ4n) is 1.65. The quantitative estimate of drug-likeness (QED) is 0.588. The maximum atomic E-state index is 10.6. The van der Waals surface area contributed by atoms with Crippen LogP contribution in [0.4, 0.5) is 0 Å². The number of unbranched alkanes of at least 4 members (excludes halogenated alkanes) is 1. The summed E-state index contributed by atoms with van der Waals surface area (Å²) in [6, 6.07) is -0.351. The van der Waals surface area contributed by atoms with E-state index < -0.39 is 5.97 Å². The SMILES string of the molecule is CCC(NCCCCC1CC1)C(=O)O. The van der Waals surface area contributed by atoms with Gasteiger partial charge in [0.15, 0.2) is 0 Å². The second kappa shape index (κ2) is 6.02. The van der Waals surface area contributed by atoms with Crippen LogP contribution in [-0.4, -0.2) is 23.7 Å². The summed E-state index contributed by atoms with van der Waals surface area (Å²) in [5, 5.41) is 11.8. The Bertz CT molecular complexity index is 178.